The molecule has 0 radical (unpaired) electrons. The molecule has 6 nitrogen and oxygen atoms in total. The summed E-state index contributed by atoms with van der Waals surface area (Å²) in [5.74, 6) is -0.430. The maximum absolute atomic E-state index is 11.8. The van der Waals surface area contributed by atoms with Crippen molar-refractivity contribution in [3.8, 4) is 0 Å². The highest BCUT2D eigenvalue weighted by atomic mass is 79.9. The number of nitrogens with one attached hydrogen (secondary N) is 1. The number of nitro groups is 1. The summed E-state index contributed by atoms with van der Waals surface area (Å²) in [6.07, 6.45) is 1.56. The van der Waals surface area contributed by atoms with E-state index in [1.165, 1.54) is 29.5 Å². The number of hydrogen-bond acceptors (Lipinski definition) is 5. The molecule has 1 aromatic heterocycles. The van der Waals surface area contributed by atoms with Crippen LogP contribution < -0.4 is 5.32 Å². The summed E-state index contributed by atoms with van der Waals surface area (Å²) in [6, 6.07) is 4.18. The number of nitrogens with zero attached hydrogens (tertiary/aromatic N) is 2. The molecule has 0 bridgehead atoms. The number of nitro benzene ring substituents is 1. The Hall–Kier alpha value is -1.80. The van der Waals surface area contributed by atoms with Gasteiger partial charge in [-0.05, 0) is 28.1 Å². The van der Waals surface area contributed by atoms with Crippen molar-refractivity contribution >= 4 is 44.0 Å². The maximum Gasteiger partial charge on any atom is 0.284 e. The zero-order valence-electron chi connectivity index (χ0n) is 8.79. The molecule has 0 saturated carbocycles. The van der Waals surface area contributed by atoms with Crippen LogP contribution in [-0.4, -0.2) is 15.8 Å². The highest BCUT2D eigenvalue weighted by molar-refractivity contribution is 9.10. The number of rotatable bonds is 3. The van der Waals surface area contributed by atoms with Gasteiger partial charge in [-0.2, -0.15) is 0 Å². The van der Waals surface area contributed by atoms with Crippen LogP contribution in [0.15, 0.2) is 34.2 Å². The van der Waals surface area contributed by atoms with E-state index >= 15 is 0 Å². The summed E-state index contributed by atoms with van der Waals surface area (Å²) in [5.41, 5.74) is 0.0573. The van der Waals surface area contributed by atoms with Gasteiger partial charge in [0, 0.05) is 23.2 Å². The number of amides is 1. The Morgan fingerprint density at radius 3 is 2.89 bits per heavy atom. The van der Waals surface area contributed by atoms with Crippen molar-refractivity contribution in [1.29, 1.82) is 0 Å². The SMILES string of the molecule is O=C(Nc1nccs1)c1ccc(Br)c([N+](=O)[O-])c1. The van der Waals surface area contributed by atoms with Crippen molar-refractivity contribution in [3.05, 3.63) is 49.9 Å². The lowest BCUT2D eigenvalue weighted by Crippen LogP contribution is -2.11. The van der Waals surface area contributed by atoms with Gasteiger partial charge in [0.05, 0.1) is 9.40 Å². The number of carbonyl (C=O) groups excluding carboxylic acids is 1. The Labute approximate surface area is 114 Å². The van der Waals surface area contributed by atoms with E-state index in [-0.39, 0.29) is 11.3 Å². The molecule has 0 unspecified atom stereocenters. The summed E-state index contributed by atoms with van der Waals surface area (Å²) in [6.45, 7) is 0. The molecule has 2 rings (SSSR count). The van der Waals surface area contributed by atoms with E-state index < -0.39 is 10.8 Å². The van der Waals surface area contributed by atoms with Gasteiger partial charge >= 0.3 is 0 Å². The van der Waals surface area contributed by atoms with Crippen molar-refractivity contribution in [3.63, 3.8) is 0 Å². The molecule has 1 aromatic carbocycles. The Bertz CT molecular complexity index is 600. The summed E-state index contributed by atoms with van der Waals surface area (Å²) in [5, 5.41) is 15.5. The molecule has 0 aliphatic heterocycles. The van der Waals surface area contributed by atoms with Crippen LogP contribution in [0.1, 0.15) is 10.4 Å². The van der Waals surface area contributed by atoms with E-state index in [2.05, 4.69) is 26.2 Å². The second kappa shape index (κ2) is 5.23. The second-order valence-corrected chi connectivity index (χ2v) is 4.96. The van der Waals surface area contributed by atoms with Gasteiger partial charge < -0.3 is 0 Å². The Morgan fingerprint density at radius 2 is 2.28 bits per heavy atom. The quantitative estimate of drug-likeness (QED) is 0.693. The third kappa shape index (κ3) is 2.71. The molecule has 0 saturated heterocycles. The number of aromatic nitrogens is 1. The number of carbonyl (C=O) groups is 1. The van der Waals surface area contributed by atoms with Gasteiger partial charge in [0.2, 0.25) is 0 Å². The van der Waals surface area contributed by atoms with Crippen LogP contribution in [0.4, 0.5) is 10.8 Å². The molecule has 1 N–H and O–H groups in total. The standard InChI is InChI=1S/C10H6BrN3O3S/c11-7-2-1-6(5-8(7)14(16)17)9(15)13-10-12-3-4-18-10/h1-5H,(H,12,13,15). The first kappa shape index (κ1) is 12.7. The fourth-order valence-corrected chi connectivity index (χ4v) is 2.16. The van der Waals surface area contributed by atoms with Gasteiger partial charge in [0.1, 0.15) is 0 Å². The minimum atomic E-state index is -0.551. The molecule has 8 heteroatoms. The first-order valence-corrected chi connectivity index (χ1v) is 6.40. The zero-order valence-corrected chi connectivity index (χ0v) is 11.2. The molecule has 0 spiro atoms. The fourth-order valence-electron chi connectivity index (χ4n) is 1.25. The normalized spacial score (nSPS) is 10.1. The third-order valence-electron chi connectivity index (χ3n) is 2.06. The van der Waals surface area contributed by atoms with Crippen LogP contribution in [0.5, 0.6) is 0 Å². The van der Waals surface area contributed by atoms with Crippen LogP contribution >= 0.6 is 27.3 Å². The largest absolute Gasteiger partial charge is 0.298 e. The zero-order chi connectivity index (χ0) is 13.1. The highest BCUT2D eigenvalue weighted by Crippen LogP contribution is 2.26. The number of benzene rings is 1. The number of anilines is 1. The Balaban J connectivity index is 2.26. The van der Waals surface area contributed by atoms with Crippen molar-refractivity contribution in [2.45, 2.75) is 0 Å². The summed E-state index contributed by atoms with van der Waals surface area (Å²) >= 11 is 4.33. The van der Waals surface area contributed by atoms with Crippen LogP contribution in [-0.2, 0) is 0 Å². The lowest BCUT2D eigenvalue weighted by atomic mass is 10.2. The van der Waals surface area contributed by atoms with Crippen molar-refractivity contribution in [2.75, 3.05) is 5.32 Å². The second-order valence-electron chi connectivity index (χ2n) is 3.21. The molecular weight excluding hydrogens is 322 g/mol. The summed E-state index contributed by atoms with van der Waals surface area (Å²) in [7, 11) is 0. The lowest BCUT2D eigenvalue weighted by molar-refractivity contribution is -0.385. The third-order valence-corrected chi connectivity index (χ3v) is 3.42. The molecule has 92 valence electrons. The van der Waals surface area contributed by atoms with E-state index in [0.29, 0.717) is 9.60 Å². The van der Waals surface area contributed by atoms with Gasteiger partial charge in [-0.3, -0.25) is 20.2 Å². The number of thiazole rings is 1. The number of halogens is 1. The first-order valence-electron chi connectivity index (χ1n) is 4.72. The van der Waals surface area contributed by atoms with Crippen LogP contribution in [0.25, 0.3) is 0 Å². The van der Waals surface area contributed by atoms with Crippen molar-refractivity contribution in [1.82, 2.24) is 4.98 Å². The first-order chi connectivity index (χ1) is 8.58. The monoisotopic (exact) mass is 327 g/mol. The van der Waals surface area contributed by atoms with Gasteiger partial charge in [-0.25, -0.2) is 4.98 Å². The van der Waals surface area contributed by atoms with Crippen LogP contribution in [0.2, 0.25) is 0 Å². The molecule has 0 fully saturated rings. The molecule has 18 heavy (non-hydrogen) atoms. The van der Waals surface area contributed by atoms with E-state index in [9.17, 15) is 14.9 Å². The Kier molecular flexibility index (Phi) is 3.68. The van der Waals surface area contributed by atoms with Crippen LogP contribution in [0.3, 0.4) is 0 Å². The van der Waals surface area contributed by atoms with E-state index in [0.717, 1.165) is 0 Å². The predicted molar refractivity (Wildman–Crippen MR) is 70.9 cm³/mol. The highest BCUT2D eigenvalue weighted by Gasteiger charge is 2.16. The molecule has 2 aromatic rings. The van der Waals surface area contributed by atoms with E-state index in [1.807, 2.05) is 0 Å². The van der Waals surface area contributed by atoms with Gasteiger partial charge in [-0.15, -0.1) is 11.3 Å². The molecule has 0 aliphatic carbocycles. The lowest BCUT2D eigenvalue weighted by Gasteiger charge is -2.02. The van der Waals surface area contributed by atoms with Gasteiger partial charge in [-0.1, -0.05) is 0 Å². The van der Waals surface area contributed by atoms with Crippen molar-refractivity contribution < 1.29 is 9.72 Å². The van der Waals surface area contributed by atoms with Crippen molar-refractivity contribution in [2.24, 2.45) is 0 Å². The molecule has 0 aliphatic rings. The van der Waals surface area contributed by atoms with Gasteiger partial charge in [0.15, 0.2) is 5.13 Å². The topological polar surface area (TPSA) is 85.1 Å². The van der Waals surface area contributed by atoms with E-state index in [1.54, 1.807) is 11.6 Å². The van der Waals surface area contributed by atoms with Gasteiger partial charge in [0.25, 0.3) is 11.6 Å². The average molecular weight is 328 g/mol. The minimum Gasteiger partial charge on any atom is -0.298 e. The minimum absolute atomic E-state index is 0.151. The predicted octanol–water partition coefficient (Wildman–Crippen LogP) is 3.07. The maximum atomic E-state index is 11.8. The molecular formula is C10H6BrN3O3S. The van der Waals surface area contributed by atoms with Crippen LogP contribution in [0, 0.1) is 10.1 Å². The Morgan fingerprint density at radius 1 is 1.50 bits per heavy atom. The fraction of sp³-hybridized carbons (Fsp3) is 0. The summed E-state index contributed by atoms with van der Waals surface area (Å²) < 4.78 is 0.332. The molecule has 1 heterocycles. The summed E-state index contributed by atoms with van der Waals surface area (Å²) in [4.78, 5) is 25.9. The molecule has 0 atom stereocenters. The smallest absolute Gasteiger partial charge is 0.284 e. The average Bonchev–Trinajstić information content (AvgIpc) is 2.81. The molecule has 1 amide bonds. The van der Waals surface area contributed by atoms with E-state index in [4.69, 9.17) is 0 Å². The number of hydrogen-bond donors (Lipinski definition) is 1.